The molecule has 0 saturated heterocycles. The molecule has 1 heterocycles. The van der Waals surface area contributed by atoms with Gasteiger partial charge < -0.3 is 5.84 Å². The lowest BCUT2D eigenvalue weighted by Gasteiger charge is -2.03. The summed E-state index contributed by atoms with van der Waals surface area (Å²) < 4.78 is 0.997. The zero-order valence-electron chi connectivity index (χ0n) is 7.23. The minimum atomic E-state index is -0.318. The average molecular weight is 198 g/mol. The van der Waals surface area contributed by atoms with Crippen molar-refractivity contribution in [2.24, 2.45) is 0 Å². The van der Waals surface area contributed by atoms with E-state index in [2.05, 4.69) is 16.8 Å². The minimum Gasteiger partial charge on any atom is -0.334 e. The summed E-state index contributed by atoms with van der Waals surface area (Å²) in [6.07, 6.45) is 1.71. The topological polar surface area (TPSA) is 73.8 Å². The van der Waals surface area contributed by atoms with Gasteiger partial charge in [0.1, 0.15) is 5.69 Å². The van der Waals surface area contributed by atoms with E-state index in [0.717, 1.165) is 4.68 Å². The van der Waals surface area contributed by atoms with Crippen LogP contribution in [0.4, 0.5) is 0 Å². The van der Waals surface area contributed by atoms with Crippen LogP contribution in [0, 0.1) is 6.92 Å². The van der Waals surface area contributed by atoms with Gasteiger partial charge in [-0.15, -0.1) is 16.8 Å². The number of hydrogen-bond donors (Lipinski definition) is 1. The SMILES string of the molecule is C=CCSc1nnc(C)c(=O)n1N. The van der Waals surface area contributed by atoms with E-state index in [0.29, 0.717) is 16.6 Å². The predicted octanol–water partition coefficient (Wildman–Crippen LogP) is -0.0614. The summed E-state index contributed by atoms with van der Waals surface area (Å²) in [6.45, 7) is 5.12. The maximum absolute atomic E-state index is 11.2. The van der Waals surface area contributed by atoms with Crippen molar-refractivity contribution in [2.45, 2.75) is 12.1 Å². The number of thioether (sulfide) groups is 1. The molecule has 0 aliphatic rings. The third kappa shape index (κ3) is 2.09. The highest BCUT2D eigenvalue weighted by Gasteiger charge is 2.05. The van der Waals surface area contributed by atoms with Crippen LogP contribution in [0.15, 0.2) is 22.6 Å². The predicted molar refractivity (Wildman–Crippen MR) is 52.1 cm³/mol. The maximum atomic E-state index is 11.2. The summed E-state index contributed by atoms with van der Waals surface area (Å²) in [7, 11) is 0. The van der Waals surface area contributed by atoms with Crippen molar-refractivity contribution in [3.63, 3.8) is 0 Å². The molecule has 0 aromatic carbocycles. The average Bonchev–Trinajstić information content (AvgIpc) is 2.13. The first-order valence-electron chi connectivity index (χ1n) is 3.62. The first-order valence-corrected chi connectivity index (χ1v) is 4.60. The zero-order chi connectivity index (χ0) is 9.84. The molecule has 2 N–H and O–H groups in total. The smallest absolute Gasteiger partial charge is 0.294 e. The van der Waals surface area contributed by atoms with Crippen LogP contribution in [-0.4, -0.2) is 20.6 Å². The molecule has 1 aromatic rings. The van der Waals surface area contributed by atoms with E-state index in [9.17, 15) is 4.79 Å². The molecule has 13 heavy (non-hydrogen) atoms. The molecule has 5 nitrogen and oxygen atoms in total. The van der Waals surface area contributed by atoms with E-state index >= 15 is 0 Å². The summed E-state index contributed by atoms with van der Waals surface area (Å²) in [5.74, 6) is 6.12. The van der Waals surface area contributed by atoms with Crippen molar-refractivity contribution >= 4 is 11.8 Å². The summed E-state index contributed by atoms with van der Waals surface area (Å²) in [6, 6.07) is 0. The van der Waals surface area contributed by atoms with Gasteiger partial charge in [-0.1, -0.05) is 17.8 Å². The van der Waals surface area contributed by atoms with Gasteiger partial charge in [-0.2, -0.15) is 4.68 Å². The third-order valence-electron chi connectivity index (χ3n) is 1.35. The zero-order valence-corrected chi connectivity index (χ0v) is 8.04. The van der Waals surface area contributed by atoms with Gasteiger partial charge in [-0.05, 0) is 6.92 Å². The van der Waals surface area contributed by atoms with E-state index in [-0.39, 0.29) is 5.56 Å². The molecule has 0 atom stereocenters. The van der Waals surface area contributed by atoms with E-state index in [1.165, 1.54) is 11.8 Å². The number of nitrogens with two attached hydrogens (primary N) is 1. The van der Waals surface area contributed by atoms with Crippen LogP contribution in [0.25, 0.3) is 0 Å². The van der Waals surface area contributed by atoms with Crippen LogP contribution in [0.2, 0.25) is 0 Å². The number of aromatic nitrogens is 3. The monoisotopic (exact) mass is 198 g/mol. The quantitative estimate of drug-likeness (QED) is 0.418. The van der Waals surface area contributed by atoms with Crippen LogP contribution < -0.4 is 11.4 Å². The Morgan fingerprint density at radius 2 is 2.38 bits per heavy atom. The molecule has 0 radical (unpaired) electrons. The Balaban J connectivity index is 3.03. The maximum Gasteiger partial charge on any atom is 0.294 e. The van der Waals surface area contributed by atoms with Crippen LogP contribution in [-0.2, 0) is 0 Å². The fourth-order valence-electron chi connectivity index (χ4n) is 0.702. The molecule has 0 aliphatic heterocycles. The lowest BCUT2D eigenvalue weighted by Crippen LogP contribution is -2.32. The van der Waals surface area contributed by atoms with Crippen molar-refractivity contribution in [2.75, 3.05) is 11.6 Å². The van der Waals surface area contributed by atoms with Crippen LogP contribution >= 0.6 is 11.8 Å². The normalized spacial score (nSPS) is 9.92. The fraction of sp³-hybridized carbons (Fsp3) is 0.286. The highest BCUT2D eigenvalue weighted by atomic mass is 32.2. The minimum absolute atomic E-state index is 0.297. The molecule has 70 valence electrons. The molecule has 6 heteroatoms. The van der Waals surface area contributed by atoms with Crippen LogP contribution in [0.3, 0.4) is 0 Å². The second kappa shape index (κ2) is 4.08. The number of nitrogens with zero attached hydrogens (tertiary/aromatic N) is 3. The van der Waals surface area contributed by atoms with Crippen LogP contribution in [0.5, 0.6) is 0 Å². The van der Waals surface area contributed by atoms with Crippen LogP contribution in [0.1, 0.15) is 5.69 Å². The van der Waals surface area contributed by atoms with Crippen molar-refractivity contribution < 1.29 is 0 Å². The Labute approximate surface area is 79.6 Å². The summed E-state index contributed by atoms with van der Waals surface area (Å²) in [5.41, 5.74) is -0.0213. The van der Waals surface area contributed by atoms with E-state index in [1.807, 2.05) is 0 Å². The molecular formula is C7H10N4OS. The molecule has 0 fully saturated rings. The highest BCUT2D eigenvalue weighted by molar-refractivity contribution is 7.99. The molecule has 0 amide bonds. The lowest BCUT2D eigenvalue weighted by molar-refractivity contribution is 0.682. The Morgan fingerprint density at radius 1 is 1.69 bits per heavy atom. The van der Waals surface area contributed by atoms with E-state index in [4.69, 9.17) is 5.84 Å². The third-order valence-corrected chi connectivity index (χ3v) is 2.29. The Kier molecular flexibility index (Phi) is 3.07. The summed E-state index contributed by atoms with van der Waals surface area (Å²) >= 11 is 1.32. The van der Waals surface area contributed by atoms with Gasteiger partial charge in [0.15, 0.2) is 0 Å². The van der Waals surface area contributed by atoms with Gasteiger partial charge in [0.05, 0.1) is 0 Å². The molecule has 0 aliphatic carbocycles. The van der Waals surface area contributed by atoms with Crippen molar-refractivity contribution in [3.05, 3.63) is 28.7 Å². The van der Waals surface area contributed by atoms with Gasteiger partial charge in [0.2, 0.25) is 5.16 Å². The van der Waals surface area contributed by atoms with Crippen molar-refractivity contribution in [3.8, 4) is 0 Å². The number of rotatable bonds is 3. The second-order valence-corrected chi connectivity index (χ2v) is 3.33. The van der Waals surface area contributed by atoms with Gasteiger partial charge in [0.25, 0.3) is 5.56 Å². The fourth-order valence-corrected chi connectivity index (χ4v) is 1.29. The van der Waals surface area contributed by atoms with Gasteiger partial charge in [0, 0.05) is 5.75 Å². The van der Waals surface area contributed by atoms with Gasteiger partial charge in [-0.25, -0.2) is 0 Å². The molecule has 0 saturated carbocycles. The Morgan fingerprint density at radius 3 is 3.00 bits per heavy atom. The lowest BCUT2D eigenvalue weighted by atomic mass is 10.5. The Hall–Kier alpha value is -1.30. The largest absolute Gasteiger partial charge is 0.334 e. The summed E-state index contributed by atoms with van der Waals surface area (Å²) in [5, 5.41) is 7.85. The molecule has 0 bridgehead atoms. The molecule has 1 aromatic heterocycles. The van der Waals surface area contributed by atoms with Crippen molar-refractivity contribution in [1.29, 1.82) is 0 Å². The van der Waals surface area contributed by atoms with E-state index < -0.39 is 0 Å². The molecule has 0 spiro atoms. The Bertz CT molecular complexity index is 373. The van der Waals surface area contributed by atoms with Crippen molar-refractivity contribution in [1.82, 2.24) is 14.9 Å². The second-order valence-electron chi connectivity index (χ2n) is 2.34. The van der Waals surface area contributed by atoms with Gasteiger partial charge in [-0.3, -0.25) is 4.79 Å². The van der Waals surface area contributed by atoms with Gasteiger partial charge >= 0.3 is 0 Å². The number of hydrogen-bond acceptors (Lipinski definition) is 5. The first kappa shape index (κ1) is 9.79. The van der Waals surface area contributed by atoms with E-state index in [1.54, 1.807) is 13.0 Å². The summed E-state index contributed by atoms with van der Waals surface area (Å²) in [4.78, 5) is 11.2. The standard InChI is InChI=1S/C7H10N4OS/c1-3-4-13-7-10-9-5(2)6(12)11(7)8/h3H,1,4,8H2,2H3. The highest BCUT2D eigenvalue weighted by Crippen LogP contribution is 2.10. The number of aryl methyl sites for hydroxylation is 1. The first-order chi connectivity index (χ1) is 6.16. The molecule has 0 unspecified atom stereocenters. The molecular weight excluding hydrogens is 188 g/mol. The molecule has 1 rings (SSSR count). The number of nitrogen functional groups attached to an aromatic ring is 1.